The zero-order valence-corrected chi connectivity index (χ0v) is 17.5. The van der Waals surface area contributed by atoms with Crippen LogP contribution in [0.25, 0.3) is 11.8 Å². The van der Waals surface area contributed by atoms with E-state index < -0.39 is 0 Å². The fourth-order valence-corrected chi connectivity index (χ4v) is 4.39. The molecule has 0 radical (unpaired) electrons. The number of hydrogen-bond acceptors (Lipinski definition) is 3. The number of aromatic nitrogens is 1. The third-order valence-electron chi connectivity index (χ3n) is 5.11. The van der Waals surface area contributed by atoms with Crippen molar-refractivity contribution in [1.82, 2.24) is 9.47 Å². The zero-order chi connectivity index (χ0) is 20.5. The molecule has 0 spiro atoms. The number of aryl methyl sites for hydroxylation is 2. The molecule has 1 aliphatic rings. The molecule has 2 amide bonds. The molecule has 29 heavy (non-hydrogen) atoms. The van der Waals surface area contributed by atoms with Crippen molar-refractivity contribution >= 4 is 29.0 Å². The summed E-state index contributed by atoms with van der Waals surface area (Å²) in [5.74, 6) is -0.231. The van der Waals surface area contributed by atoms with Gasteiger partial charge in [-0.25, -0.2) is 0 Å². The smallest absolute Gasteiger partial charge is 0.293 e. The van der Waals surface area contributed by atoms with Gasteiger partial charge in [-0.3, -0.25) is 14.5 Å². The molecule has 2 heterocycles. The number of nitrogens with zero attached hydrogens (tertiary/aromatic N) is 2. The molecule has 0 aliphatic carbocycles. The van der Waals surface area contributed by atoms with Crippen molar-refractivity contribution in [3.63, 3.8) is 0 Å². The molecule has 1 saturated heterocycles. The highest BCUT2D eigenvalue weighted by molar-refractivity contribution is 8.18. The van der Waals surface area contributed by atoms with Gasteiger partial charge in [-0.2, -0.15) is 0 Å². The minimum absolute atomic E-state index is 0.223. The van der Waals surface area contributed by atoms with E-state index in [-0.39, 0.29) is 11.1 Å². The molecule has 1 fully saturated rings. The van der Waals surface area contributed by atoms with Crippen LogP contribution in [0.3, 0.4) is 0 Å². The van der Waals surface area contributed by atoms with Crippen molar-refractivity contribution in [3.8, 4) is 5.69 Å². The molecule has 3 aromatic rings. The summed E-state index contributed by atoms with van der Waals surface area (Å²) in [4.78, 5) is 27.1. The Balaban J connectivity index is 1.62. The molecular formula is C24H22N2O2S. The number of hydrogen-bond donors (Lipinski definition) is 0. The molecule has 0 saturated carbocycles. The van der Waals surface area contributed by atoms with Gasteiger partial charge in [-0.15, -0.1) is 0 Å². The Morgan fingerprint density at radius 2 is 1.62 bits per heavy atom. The van der Waals surface area contributed by atoms with Gasteiger partial charge in [0.15, 0.2) is 0 Å². The van der Waals surface area contributed by atoms with E-state index >= 15 is 0 Å². The molecule has 0 atom stereocenters. The van der Waals surface area contributed by atoms with E-state index in [1.165, 1.54) is 4.90 Å². The number of amides is 2. The normalized spacial score (nSPS) is 15.6. The van der Waals surface area contributed by atoms with Gasteiger partial charge in [0, 0.05) is 17.1 Å². The van der Waals surface area contributed by atoms with Gasteiger partial charge < -0.3 is 4.57 Å². The SMILES string of the molecule is Cc1ccc(CN2C(=O)S/C(=C\c3cc(C)n(-c4ccccc4)c3C)C2=O)cc1. The second kappa shape index (κ2) is 7.76. The molecule has 4 nitrogen and oxygen atoms in total. The van der Waals surface area contributed by atoms with E-state index in [9.17, 15) is 9.59 Å². The average molecular weight is 403 g/mol. The summed E-state index contributed by atoms with van der Waals surface area (Å²) in [5, 5.41) is -0.223. The van der Waals surface area contributed by atoms with Gasteiger partial charge in [0.05, 0.1) is 11.4 Å². The topological polar surface area (TPSA) is 42.3 Å². The molecule has 1 aromatic heterocycles. The van der Waals surface area contributed by atoms with E-state index in [1.807, 2.05) is 69.3 Å². The van der Waals surface area contributed by atoms with Crippen LogP contribution in [0.2, 0.25) is 0 Å². The number of imide groups is 1. The highest BCUT2D eigenvalue weighted by atomic mass is 32.2. The number of para-hydroxylation sites is 1. The van der Waals surface area contributed by atoms with Crippen LogP contribution < -0.4 is 0 Å². The van der Waals surface area contributed by atoms with E-state index in [4.69, 9.17) is 0 Å². The van der Waals surface area contributed by atoms with Gasteiger partial charge in [-0.1, -0.05) is 48.0 Å². The van der Waals surface area contributed by atoms with E-state index in [2.05, 4.69) is 22.8 Å². The van der Waals surface area contributed by atoms with Crippen LogP contribution in [0.4, 0.5) is 4.79 Å². The molecule has 1 aliphatic heterocycles. The first-order valence-corrected chi connectivity index (χ1v) is 10.3. The van der Waals surface area contributed by atoms with Crippen LogP contribution >= 0.6 is 11.8 Å². The highest BCUT2D eigenvalue weighted by Crippen LogP contribution is 2.34. The Morgan fingerprint density at radius 1 is 0.931 bits per heavy atom. The Kier molecular flexibility index (Phi) is 5.16. The monoisotopic (exact) mass is 402 g/mol. The molecule has 0 bridgehead atoms. The van der Waals surface area contributed by atoms with Gasteiger partial charge in [0.25, 0.3) is 11.1 Å². The second-order valence-electron chi connectivity index (χ2n) is 7.25. The largest absolute Gasteiger partial charge is 0.318 e. The predicted octanol–water partition coefficient (Wildman–Crippen LogP) is 5.64. The molecular weight excluding hydrogens is 380 g/mol. The number of benzene rings is 2. The van der Waals surface area contributed by atoms with Crippen molar-refractivity contribution in [2.45, 2.75) is 27.3 Å². The van der Waals surface area contributed by atoms with Crippen LogP contribution in [0.5, 0.6) is 0 Å². The van der Waals surface area contributed by atoms with Crippen molar-refractivity contribution in [1.29, 1.82) is 0 Å². The highest BCUT2D eigenvalue weighted by Gasteiger charge is 2.35. The summed E-state index contributed by atoms with van der Waals surface area (Å²) in [6.07, 6.45) is 1.84. The lowest BCUT2D eigenvalue weighted by atomic mass is 10.1. The number of carbonyl (C=O) groups excluding carboxylic acids is 2. The number of carbonyl (C=O) groups is 2. The summed E-state index contributed by atoms with van der Waals surface area (Å²) < 4.78 is 2.16. The molecule has 5 heteroatoms. The first-order chi connectivity index (χ1) is 13.9. The molecule has 146 valence electrons. The third kappa shape index (κ3) is 3.78. The summed E-state index contributed by atoms with van der Waals surface area (Å²) in [6.45, 7) is 6.38. The molecule has 4 rings (SSSR count). The van der Waals surface area contributed by atoms with Crippen LogP contribution in [-0.4, -0.2) is 20.6 Å². The fraction of sp³-hybridized carbons (Fsp3) is 0.167. The Morgan fingerprint density at radius 3 is 2.31 bits per heavy atom. The number of rotatable bonds is 4. The Labute approximate surface area is 174 Å². The lowest BCUT2D eigenvalue weighted by Crippen LogP contribution is -2.27. The van der Waals surface area contributed by atoms with Crippen molar-refractivity contribution < 1.29 is 9.59 Å². The van der Waals surface area contributed by atoms with Crippen molar-refractivity contribution in [2.75, 3.05) is 0 Å². The van der Waals surface area contributed by atoms with Crippen LogP contribution in [0.15, 0.2) is 65.6 Å². The minimum atomic E-state index is -0.231. The summed E-state index contributed by atoms with van der Waals surface area (Å²) in [7, 11) is 0. The third-order valence-corrected chi connectivity index (χ3v) is 6.01. The number of thioether (sulfide) groups is 1. The molecule has 0 N–H and O–H groups in total. The fourth-order valence-electron chi connectivity index (χ4n) is 3.56. The Bertz CT molecular complexity index is 1110. The minimum Gasteiger partial charge on any atom is -0.318 e. The standard InChI is InChI=1S/C24H22N2O2S/c1-16-9-11-19(12-10-16)15-25-23(27)22(29-24(25)28)14-20-13-17(2)26(18(20)3)21-7-5-4-6-8-21/h4-14H,15H2,1-3H3/b22-14-. The predicted molar refractivity (Wildman–Crippen MR) is 118 cm³/mol. The second-order valence-corrected chi connectivity index (χ2v) is 8.24. The van der Waals surface area contributed by atoms with E-state index in [0.29, 0.717) is 11.4 Å². The first-order valence-electron chi connectivity index (χ1n) is 9.49. The quantitative estimate of drug-likeness (QED) is 0.531. The first kappa shape index (κ1) is 19.3. The zero-order valence-electron chi connectivity index (χ0n) is 16.7. The van der Waals surface area contributed by atoms with Gasteiger partial charge in [0.1, 0.15) is 0 Å². The summed E-state index contributed by atoms with van der Waals surface area (Å²) in [6, 6.07) is 20.0. The molecule has 0 unspecified atom stereocenters. The van der Waals surface area contributed by atoms with Crippen molar-refractivity contribution in [3.05, 3.63) is 93.6 Å². The maximum absolute atomic E-state index is 12.9. The summed E-state index contributed by atoms with van der Waals surface area (Å²) in [5.41, 5.74) is 6.25. The van der Waals surface area contributed by atoms with Gasteiger partial charge in [0.2, 0.25) is 0 Å². The van der Waals surface area contributed by atoms with Gasteiger partial charge in [-0.05, 0) is 67.9 Å². The lowest BCUT2D eigenvalue weighted by Gasteiger charge is -2.12. The van der Waals surface area contributed by atoms with Gasteiger partial charge >= 0.3 is 0 Å². The maximum atomic E-state index is 12.9. The van der Waals surface area contributed by atoms with E-state index in [0.717, 1.165) is 45.5 Å². The maximum Gasteiger partial charge on any atom is 0.293 e. The summed E-state index contributed by atoms with van der Waals surface area (Å²) >= 11 is 1.01. The Hall–Kier alpha value is -3.05. The lowest BCUT2D eigenvalue weighted by molar-refractivity contribution is -0.123. The van der Waals surface area contributed by atoms with Crippen LogP contribution in [-0.2, 0) is 11.3 Å². The van der Waals surface area contributed by atoms with E-state index in [1.54, 1.807) is 0 Å². The van der Waals surface area contributed by atoms with Crippen LogP contribution in [0, 0.1) is 20.8 Å². The molecule has 2 aromatic carbocycles. The van der Waals surface area contributed by atoms with Crippen molar-refractivity contribution in [2.24, 2.45) is 0 Å². The van der Waals surface area contributed by atoms with Crippen LogP contribution in [0.1, 0.15) is 28.1 Å². The average Bonchev–Trinajstić information content (AvgIpc) is 3.14.